The van der Waals surface area contributed by atoms with E-state index in [0.717, 1.165) is 36.0 Å². The number of nitrogens with zero attached hydrogens (tertiary/aromatic N) is 2. The first-order valence-corrected chi connectivity index (χ1v) is 13.0. The summed E-state index contributed by atoms with van der Waals surface area (Å²) in [6.07, 6.45) is 14.2. The minimum Gasteiger partial charge on any atom is -0.354 e. The Kier molecular flexibility index (Phi) is 6.15. The fourth-order valence-corrected chi connectivity index (χ4v) is 7.21. The van der Waals surface area contributed by atoms with Gasteiger partial charge in [0, 0.05) is 29.8 Å². The molecule has 0 unspecified atom stereocenters. The molecule has 1 saturated heterocycles. The smallest absolute Gasteiger partial charge is 0.259 e. The second kappa shape index (κ2) is 9.02. The van der Waals surface area contributed by atoms with Crippen molar-refractivity contribution in [1.29, 1.82) is 0 Å². The van der Waals surface area contributed by atoms with Crippen molar-refractivity contribution in [3.8, 4) is 0 Å². The van der Waals surface area contributed by atoms with Crippen LogP contribution in [-0.4, -0.2) is 45.9 Å². The molecule has 0 bridgehead atoms. The van der Waals surface area contributed by atoms with Crippen LogP contribution >= 0.6 is 11.3 Å². The molecule has 168 valence electrons. The lowest BCUT2D eigenvalue weighted by Crippen LogP contribution is -2.58. The lowest BCUT2D eigenvalue weighted by molar-refractivity contribution is -0.122. The van der Waals surface area contributed by atoms with Crippen molar-refractivity contribution in [3.05, 3.63) is 26.6 Å². The monoisotopic (exact) mass is 442 g/mol. The first-order valence-electron chi connectivity index (χ1n) is 12.2. The molecule has 2 fully saturated rings. The molecule has 1 aliphatic heterocycles. The summed E-state index contributed by atoms with van der Waals surface area (Å²) >= 11 is 1.66. The Hall–Kier alpha value is -1.73. The van der Waals surface area contributed by atoms with Crippen LogP contribution in [0.2, 0.25) is 0 Å². The number of thiophene rings is 1. The van der Waals surface area contributed by atoms with Gasteiger partial charge in [0.15, 0.2) is 0 Å². The van der Waals surface area contributed by atoms with Gasteiger partial charge in [0.25, 0.3) is 5.56 Å². The fourth-order valence-electron chi connectivity index (χ4n) is 5.93. The minimum absolute atomic E-state index is 0.0361. The second-order valence-electron chi connectivity index (χ2n) is 9.66. The van der Waals surface area contributed by atoms with E-state index in [1.54, 1.807) is 11.3 Å². The molecule has 3 aliphatic rings. The van der Waals surface area contributed by atoms with E-state index in [-0.39, 0.29) is 17.0 Å². The fraction of sp³-hybridized carbons (Fsp3) is 0.708. The largest absolute Gasteiger partial charge is 0.354 e. The number of carbonyl (C=O) groups excluding carboxylic acids is 1. The Morgan fingerprint density at radius 3 is 2.65 bits per heavy atom. The van der Waals surface area contributed by atoms with Gasteiger partial charge in [0.05, 0.1) is 5.39 Å². The molecule has 0 atom stereocenters. The summed E-state index contributed by atoms with van der Waals surface area (Å²) in [6.45, 7) is 3.10. The standard InChI is InChI=1S/C24H34N4O2S/c29-20(25-16-24(12-3-1-4-13-24)28-14-5-2-6-15-28)11-10-19-26-22(30)21-17-8-7-9-18(17)31-23(21)27-19/h1-16H2,(H,25,29)(H,26,27,30). The van der Waals surface area contributed by atoms with E-state index >= 15 is 0 Å². The van der Waals surface area contributed by atoms with Gasteiger partial charge >= 0.3 is 0 Å². The van der Waals surface area contributed by atoms with E-state index in [2.05, 4.69) is 20.2 Å². The van der Waals surface area contributed by atoms with Gasteiger partial charge in [-0.25, -0.2) is 4.98 Å². The molecular weight excluding hydrogens is 408 g/mol. The molecule has 5 rings (SSSR count). The van der Waals surface area contributed by atoms with Gasteiger partial charge in [-0.3, -0.25) is 14.5 Å². The Morgan fingerprint density at radius 2 is 1.84 bits per heavy atom. The summed E-state index contributed by atoms with van der Waals surface area (Å²) in [4.78, 5) is 37.8. The normalized spacial score (nSPS) is 21.3. The third-order valence-corrected chi connectivity index (χ3v) is 8.82. The maximum absolute atomic E-state index is 12.7. The van der Waals surface area contributed by atoms with Crippen LogP contribution in [-0.2, 0) is 24.1 Å². The summed E-state index contributed by atoms with van der Waals surface area (Å²) in [5.74, 6) is 0.703. The second-order valence-corrected chi connectivity index (χ2v) is 10.7. The van der Waals surface area contributed by atoms with Gasteiger partial charge in [-0.15, -0.1) is 11.3 Å². The predicted molar refractivity (Wildman–Crippen MR) is 125 cm³/mol. The highest BCUT2D eigenvalue weighted by atomic mass is 32.1. The number of rotatable bonds is 6. The molecule has 7 heteroatoms. The van der Waals surface area contributed by atoms with Gasteiger partial charge in [-0.05, 0) is 63.6 Å². The number of carbonyl (C=O) groups is 1. The summed E-state index contributed by atoms with van der Waals surface area (Å²) in [6, 6.07) is 0. The Morgan fingerprint density at radius 1 is 1.06 bits per heavy atom. The van der Waals surface area contributed by atoms with Crippen molar-refractivity contribution in [2.45, 2.75) is 89.0 Å². The Balaban J connectivity index is 1.21. The van der Waals surface area contributed by atoms with E-state index in [9.17, 15) is 9.59 Å². The van der Waals surface area contributed by atoms with E-state index in [0.29, 0.717) is 18.7 Å². The highest BCUT2D eigenvalue weighted by Crippen LogP contribution is 2.36. The van der Waals surface area contributed by atoms with Crippen LogP contribution in [0.1, 0.15) is 80.5 Å². The first kappa shape index (κ1) is 21.1. The van der Waals surface area contributed by atoms with Crippen molar-refractivity contribution < 1.29 is 4.79 Å². The number of H-pyrrole nitrogens is 1. The lowest BCUT2D eigenvalue weighted by atomic mass is 9.79. The van der Waals surface area contributed by atoms with Gasteiger partial charge in [-0.1, -0.05) is 25.7 Å². The van der Waals surface area contributed by atoms with Crippen LogP contribution in [0.3, 0.4) is 0 Å². The number of aryl methyl sites for hydroxylation is 3. The summed E-state index contributed by atoms with van der Waals surface area (Å²) in [5.41, 5.74) is 1.32. The van der Waals surface area contributed by atoms with Crippen LogP contribution < -0.4 is 10.9 Å². The zero-order valence-corrected chi connectivity index (χ0v) is 19.2. The molecular formula is C24H34N4O2S. The Labute approximate surface area is 187 Å². The summed E-state index contributed by atoms with van der Waals surface area (Å²) in [5, 5.41) is 4.03. The molecule has 3 heterocycles. The van der Waals surface area contributed by atoms with Gasteiger partial charge in [-0.2, -0.15) is 0 Å². The topological polar surface area (TPSA) is 78.1 Å². The van der Waals surface area contributed by atoms with Crippen molar-refractivity contribution in [1.82, 2.24) is 20.2 Å². The highest BCUT2D eigenvalue weighted by molar-refractivity contribution is 7.18. The average molecular weight is 443 g/mol. The average Bonchev–Trinajstić information content (AvgIpc) is 3.38. The molecule has 2 aromatic rings. The maximum Gasteiger partial charge on any atom is 0.259 e. The van der Waals surface area contributed by atoms with Crippen molar-refractivity contribution >= 4 is 27.5 Å². The number of hydrogen-bond acceptors (Lipinski definition) is 5. The van der Waals surface area contributed by atoms with Crippen molar-refractivity contribution in [2.24, 2.45) is 0 Å². The molecule has 0 aromatic carbocycles. The van der Waals surface area contributed by atoms with Gasteiger partial charge < -0.3 is 10.3 Å². The van der Waals surface area contributed by atoms with E-state index in [4.69, 9.17) is 0 Å². The van der Waals surface area contributed by atoms with Crippen LogP contribution in [0, 0.1) is 0 Å². The van der Waals surface area contributed by atoms with Crippen LogP contribution in [0.15, 0.2) is 4.79 Å². The minimum atomic E-state index is -0.0361. The first-order chi connectivity index (χ1) is 15.1. The third-order valence-electron chi connectivity index (χ3n) is 7.64. The molecule has 2 N–H and O–H groups in total. The van der Waals surface area contributed by atoms with E-state index < -0.39 is 0 Å². The molecule has 0 spiro atoms. The number of likely N-dealkylation sites (tertiary alicyclic amines) is 1. The number of hydrogen-bond donors (Lipinski definition) is 2. The zero-order valence-electron chi connectivity index (χ0n) is 18.4. The molecule has 31 heavy (non-hydrogen) atoms. The van der Waals surface area contributed by atoms with Crippen LogP contribution in [0.4, 0.5) is 0 Å². The van der Waals surface area contributed by atoms with Crippen molar-refractivity contribution in [2.75, 3.05) is 19.6 Å². The number of aromatic amines is 1. The molecule has 1 amide bonds. The molecule has 2 aromatic heterocycles. The SMILES string of the molecule is O=C(CCc1nc2sc3c(c2c(=O)[nH]1)CCC3)NCC1(N2CCCCC2)CCCCC1. The van der Waals surface area contributed by atoms with Crippen molar-refractivity contribution in [3.63, 3.8) is 0 Å². The number of piperidine rings is 1. The van der Waals surface area contributed by atoms with Crippen LogP contribution in [0.5, 0.6) is 0 Å². The van der Waals surface area contributed by atoms with E-state index in [1.165, 1.54) is 74.9 Å². The lowest BCUT2D eigenvalue weighted by Gasteiger charge is -2.48. The number of nitrogens with one attached hydrogen (secondary N) is 2. The van der Waals surface area contributed by atoms with Gasteiger partial charge in [0.2, 0.25) is 5.91 Å². The molecule has 6 nitrogen and oxygen atoms in total. The van der Waals surface area contributed by atoms with Gasteiger partial charge in [0.1, 0.15) is 10.7 Å². The van der Waals surface area contributed by atoms with E-state index in [1.807, 2.05) is 0 Å². The molecule has 1 saturated carbocycles. The predicted octanol–water partition coefficient (Wildman–Crippen LogP) is 3.71. The number of aromatic nitrogens is 2. The molecule has 2 aliphatic carbocycles. The maximum atomic E-state index is 12.7. The third kappa shape index (κ3) is 4.31. The van der Waals surface area contributed by atoms with Crippen LogP contribution in [0.25, 0.3) is 10.2 Å². The summed E-state index contributed by atoms with van der Waals surface area (Å²) < 4.78 is 0. The highest BCUT2D eigenvalue weighted by Gasteiger charge is 2.38. The quantitative estimate of drug-likeness (QED) is 0.715. The number of fused-ring (bicyclic) bond motifs is 3. The number of amides is 1. The molecule has 0 radical (unpaired) electrons. The zero-order chi connectivity index (χ0) is 21.3. The Bertz CT molecular complexity index is 999. The summed E-state index contributed by atoms with van der Waals surface area (Å²) in [7, 11) is 0.